The molecule has 0 unspecified atom stereocenters. The third-order valence-electron chi connectivity index (χ3n) is 3.41. The topological polar surface area (TPSA) is 18.5 Å². The lowest BCUT2D eigenvalue weighted by molar-refractivity contribution is 0.128. The minimum Gasteiger partial charge on any atom is -0.397 e. The van der Waals surface area contributed by atoms with Gasteiger partial charge in [0.25, 0.3) is 0 Å². The molecule has 2 nitrogen and oxygen atoms in total. The first-order valence-corrected chi connectivity index (χ1v) is 7.73. The summed E-state index contributed by atoms with van der Waals surface area (Å²) in [7, 11) is -1.46. The summed E-state index contributed by atoms with van der Waals surface area (Å²) in [5, 5.41) is 0. The molecule has 0 spiro atoms. The lowest BCUT2D eigenvalue weighted by atomic mass is 9.71. The van der Waals surface area contributed by atoms with Gasteiger partial charge in [-0.2, -0.15) is 0 Å². The molecule has 0 aliphatic rings. The molecule has 0 aromatic carbocycles. The SMILES string of the molecule is CCO[SiH](CC(C)(C)C(C)(C)C)OCC. The van der Waals surface area contributed by atoms with E-state index in [0.29, 0.717) is 5.41 Å². The van der Waals surface area contributed by atoms with Crippen LogP contribution in [0.15, 0.2) is 0 Å². The van der Waals surface area contributed by atoms with Crippen LogP contribution in [0.4, 0.5) is 0 Å². The fourth-order valence-corrected chi connectivity index (χ4v) is 3.78. The summed E-state index contributed by atoms with van der Waals surface area (Å²) in [6.45, 7) is 17.1. The zero-order valence-electron chi connectivity index (χ0n) is 11.5. The lowest BCUT2D eigenvalue weighted by Crippen LogP contribution is -2.37. The van der Waals surface area contributed by atoms with Gasteiger partial charge in [0.1, 0.15) is 0 Å². The van der Waals surface area contributed by atoms with Crippen molar-refractivity contribution in [3.05, 3.63) is 0 Å². The van der Waals surface area contributed by atoms with Gasteiger partial charge in [-0.3, -0.25) is 0 Å². The molecule has 0 rings (SSSR count). The maximum Gasteiger partial charge on any atom is 0.321 e. The summed E-state index contributed by atoms with van der Waals surface area (Å²) in [5.74, 6) is 0. The Morgan fingerprint density at radius 2 is 1.27 bits per heavy atom. The van der Waals surface area contributed by atoms with Crippen molar-refractivity contribution in [2.45, 2.75) is 54.5 Å². The van der Waals surface area contributed by atoms with Gasteiger partial charge in [-0.25, -0.2) is 0 Å². The fraction of sp³-hybridized carbons (Fsp3) is 1.00. The Morgan fingerprint density at radius 1 is 0.867 bits per heavy atom. The van der Waals surface area contributed by atoms with Crippen LogP contribution < -0.4 is 0 Å². The minimum absolute atomic E-state index is 0.272. The minimum atomic E-state index is -1.46. The van der Waals surface area contributed by atoms with Crippen LogP contribution in [0.2, 0.25) is 6.04 Å². The zero-order chi connectivity index (χ0) is 12.1. The van der Waals surface area contributed by atoms with E-state index in [0.717, 1.165) is 19.3 Å². The molecule has 0 saturated heterocycles. The molecule has 0 saturated carbocycles. The van der Waals surface area contributed by atoms with E-state index in [1.165, 1.54) is 0 Å². The molecule has 0 aliphatic heterocycles. The van der Waals surface area contributed by atoms with E-state index in [9.17, 15) is 0 Å². The average Bonchev–Trinajstić information content (AvgIpc) is 2.02. The largest absolute Gasteiger partial charge is 0.397 e. The molecule has 0 bridgehead atoms. The molecule has 92 valence electrons. The predicted octanol–water partition coefficient (Wildman–Crippen LogP) is 3.35. The van der Waals surface area contributed by atoms with E-state index in [-0.39, 0.29) is 5.41 Å². The Balaban J connectivity index is 4.37. The number of rotatable bonds is 6. The van der Waals surface area contributed by atoms with Crippen LogP contribution in [0.3, 0.4) is 0 Å². The molecule has 0 radical (unpaired) electrons. The molecule has 0 fully saturated rings. The molecule has 0 aromatic heterocycles. The van der Waals surface area contributed by atoms with Crippen LogP contribution in [0.5, 0.6) is 0 Å². The van der Waals surface area contributed by atoms with Crippen molar-refractivity contribution in [1.82, 2.24) is 0 Å². The normalized spacial score (nSPS) is 13.6. The van der Waals surface area contributed by atoms with Gasteiger partial charge in [0.05, 0.1) is 0 Å². The highest BCUT2D eigenvalue weighted by molar-refractivity contribution is 6.44. The number of hydrogen-bond donors (Lipinski definition) is 0. The monoisotopic (exact) mass is 232 g/mol. The third-order valence-corrected chi connectivity index (χ3v) is 6.18. The summed E-state index contributed by atoms with van der Waals surface area (Å²) in [6.07, 6.45) is 0. The van der Waals surface area contributed by atoms with Gasteiger partial charge in [0.2, 0.25) is 0 Å². The van der Waals surface area contributed by atoms with Gasteiger partial charge >= 0.3 is 9.28 Å². The van der Waals surface area contributed by atoms with Crippen LogP contribution in [0.1, 0.15) is 48.5 Å². The van der Waals surface area contributed by atoms with Crippen LogP contribution in [-0.4, -0.2) is 22.5 Å². The Labute approximate surface area is 97.2 Å². The van der Waals surface area contributed by atoms with Crippen molar-refractivity contribution < 1.29 is 8.85 Å². The average molecular weight is 232 g/mol. The highest BCUT2D eigenvalue weighted by atomic mass is 28.3. The number of hydrogen-bond acceptors (Lipinski definition) is 2. The van der Waals surface area contributed by atoms with Crippen molar-refractivity contribution in [2.75, 3.05) is 13.2 Å². The molecule has 0 atom stereocenters. The van der Waals surface area contributed by atoms with E-state index in [4.69, 9.17) is 8.85 Å². The van der Waals surface area contributed by atoms with E-state index in [2.05, 4.69) is 34.6 Å². The van der Waals surface area contributed by atoms with Crippen molar-refractivity contribution in [2.24, 2.45) is 10.8 Å². The van der Waals surface area contributed by atoms with E-state index >= 15 is 0 Å². The molecule has 0 heterocycles. The van der Waals surface area contributed by atoms with Crippen LogP contribution in [0.25, 0.3) is 0 Å². The summed E-state index contributed by atoms with van der Waals surface area (Å²) in [4.78, 5) is 0. The smallest absolute Gasteiger partial charge is 0.321 e. The van der Waals surface area contributed by atoms with Crippen LogP contribution >= 0.6 is 0 Å². The maximum absolute atomic E-state index is 5.73. The quantitative estimate of drug-likeness (QED) is 0.654. The molecule has 15 heavy (non-hydrogen) atoms. The zero-order valence-corrected chi connectivity index (χ0v) is 12.7. The van der Waals surface area contributed by atoms with Crippen LogP contribution in [-0.2, 0) is 8.85 Å². The molecule has 0 amide bonds. The van der Waals surface area contributed by atoms with Crippen molar-refractivity contribution >= 4 is 9.28 Å². The van der Waals surface area contributed by atoms with Crippen LogP contribution in [0, 0.1) is 10.8 Å². The van der Waals surface area contributed by atoms with E-state index < -0.39 is 9.28 Å². The second-order valence-corrected chi connectivity index (χ2v) is 7.61. The van der Waals surface area contributed by atoms with Gasteiger partial charge in [0, 0.05) is 13.2 Å². The first-order valence-electron chi connectivity index (χ1n) is 5.97. The van der Waals surface area contributed by atoms with Gasteiger partial charge in [-0.15, -0.1) is 0 Å². The summed E-state index contributed by atoms with van der Waals surface area (Å²) in [6, 6.07) is 1.08. The maximum atomic E-state index is 5.73. The second-order valence-electron chi connectivity index (χ2n) is 5.68. The van der Waals surface area contributed by atoms with Crippen molar-refractivity contribution in [3.8, 4) is 0 Å². The van der Waals surface area contributed by atoms with Gasteiger partial charge < -0.3 is 8.85 Å². The van der Waals surface area contributed by atoms with E-state index in [1.807, 2.05) is 13.8 Å². The summed E-state index contributed by atoms with van der Waals surface area (Å²) >= 11 is 0. The summed E-state index contributed by atoms with van der Waals surface area (Å²) in [5.41, 5.74) is 0.570. The predicted molar refractivity (Wildman–Crippen MR) is 68.4 cm³/mol. The molecule has 0 aromatic rings. The first kappa shape index (κ1) is 15.1. The first-order chi connectivity index (χ1) is 6.74. The highest BCUT2D eigenvalue weighted by Crippen LogP contribution is 2.42. The Kier molecular flexibility index (Phi) is 6.07. The van der Waals surface area contributed by atoms with Crippen molar-refractivity contribution in [1.29, 1.82) is 0 Å². The van der Waals surface area contributed by atoms with Crippen molar-refractivity contribution in [3.63, 3.8) is 0 Å². The third kappa shape index (κ3) is 5.14. The Bertz CT molecular complexity index is 167. The molecule has 0 aliphatic carbocycles. The Hall–Kier alpha value is 0.137. The summed E-state index contributed by atoms with van der Waals surface area (Å²) < 4.78 is 11.5. The fourth-order valence-electron chi connectivity index (χ4n) is 1.26. The molecule has 3 heteroatoms. The lowest BCUT2D eigenvalue weighted by Gasteiger charge is -2.40. The highest BCUT2D eigenvalue weighted by Gasteiger charge is 2.36. The Morgan fingerprint density at radius 3 is 1.53 bits per heavy atom. The van der Waals surface area contributed by atoms with Gasteiger partial charge in [-0.05, 0) is 30.7 Å². The second kappa shape index (κ2) is 6.02. The molecule has 0 N–H and O–H groups in total. The van der Waals surface area contributed by atoms with Gasteiger partial charge in [0.15, 0.2) is 0 Å². The molecular weight excluding hydrogens is 204 g/mol. The van der Waals surface area contributed by atoms with Gasteiger partial charge in [-0.1, -0.05) is 34.6 Å². The molecular formula is C12H28O2Si. The van der Waals surface area contributed by atoms with E-state index in [1.54, 1.807) is 0 Å². The standard InChI is InChI=1S/C12H28O2Si/c1-8-13-15(14-9-2)10-12(6,7)11(3,4)5/h15H,8-10H2,1-7H3.